The first-order chi connectivity index (χ1) is 8.78. The Labute approximate surface area is 110 Å². The van der Waals surface area contributed by atoms with Crippen molar-refractivity contribution in [2.24, 2.45) is 0 Å². The van der Waals surface area contributed by atoms with E-state index in [1.807, 2.05) is 0 Å². The second-order valence-corrected chi connectivity index (χ2v) is 6.02. The Balaban J connectivity index is 2.20. The van der Waals surface area contributed by atoms with Crippen molar-refractivity contribution in [2.75, 3.05) is 18.0 Å². The van der Waals surface area contributed by atoms with Crippen LogP contribution in [0.1, 0.15) is 11.6 Å². The van der Waals surface area contributed by atoms with Gasteiger partial charge in [0.1, 0.15) is 6.04 Å². The maximum Gasteiger partial charge on any atom is 0.324 e. The molecule has 1 heterocycles. The van der Waals surface area contributed by atoms with E-state index < -0.39 is 22.1 Å². The first-order valence-corrected chi connectivity index (χ1v) is 7.33. The van der Waals surface area contributed by atoms with Gasteiger partial charge in [0, 0.05) is 12.7 Å². The Bertz CT molecular complexity index is 624. The van der Waals surface area contributed by atoms with Gasteiger partial charge in [-0.25, -0.2) is 13.2 Å². The molecule has 7 nitrogen and oxygen atoms in total. The van der Waals surface area contributed by atoms with Gasteiger partial charge in [0.15, 0.2) is 0 Å². The molecule has 1 aliphatic rings. The van der Waals surface area contributed by atoms with E-state index in [1.54, 1.807) is 12.1 Å². The monoisotopic (exact) mass is 283 g/mol. The molecular weight excluding hydrogens is 270 g/mol. The molecule has 3 amide bonds. The third kappa shape index (κ3) is 2.84. The van der Waals surface area contributed by atoms with Crippen LogP contribution in [0.5, 0.6) is 0 Å². The summed E-state index contributed by atoms with van der Waals surface area (Å²) in [7, 11) is -1.93. The van der Waals surface area contributed by atoms with Gasteiger partial charge in [0.05, 0.1) is 6.26 Å². The van der Waals surface area contributed by atoms with Crippen LogP contribution in [0.4, 0.5) is 10.5 Å². The van der Waals surface area contributed by atoms with E-state index in [-0.39, 0.29) is 5.91 Å². The maximum atomic E-state index is 11.8. The molecule has 1 aromatic rings. The molecule has 1 unspecified atom stereocenters. The summed E-state index contributed by atoms with van der Waals surface area (Å²) in [6.45, 7) is 0. The van der Waals surface area contributed by atoms with Gasteiger partial charge < -0.3 is 5.32 Å². The minimum Gasteiger partial charge on any atom is -0.322 e. The van der Waals surface area contributed by atoms with Crippen molar-refractivity contribution >= 4 is 27.6 Å². The number of nitrogens with zero attached hydrogens (tertiary/aromatic N) is 1. The van der Waals surface area contributed by atoms with E-state index in [0.717, 1.165) is 11.2 Å². The number of hydrogen-bond acceptors (Lipinski definition) is 4. The van der Waals surface area contributed by atoms with Crippen molar-refractivity contribution in [3.8, 4) is 0 Å². The molecule has 2 N–H and O–H groups in total. The lowest BCUT2D eigenvalue weighted by molar-refractivity contribution is -0.126. The molecule has 8 heteroatoms. The molecule has 102 valence electrons. The molecule has 19 heavy (non-hydrogen) atoms. The Morgan fingerprint density at radius 3 is 2.21 bits per heavy atom. The summed E-state index contributed by atoms with van der Waals surface area (Å²) in [4.78, 5) is 24.1. The van der Waals surface area contributed by atoms with Crippen LogP contribution in [0.15, 0.2) is 24.3 Å². The molecule has 0 spiro atoms. The third-order valence-corrected chi connectivity index (χ3v) is 3.30. The van der Waals surface area contributed by atoms with E-state index in [4.69, 9.17) is 0 Å². The molecule has 0 radical (unpaired) electrons. The highest BCUT2D eigenvalue weighted by Crippen LogP contribution is 2.22. The molecule has 1 saturated heterocycles. The quantitative estimate of drug-likeness (QED) is 0.779. The molecule has 0 saturated carbocycles. The van der Waals surface area contributed by atoms with Crippen molar-refractivity contribution in [3.05, 3.63) is 29.8 Å². The number of nitrogens with one attached hydrogen (secondary N) is 2. The Kier molecular flexibility index (Phi) is 3.19. The summed E-state index contributed by atoms with van der Waals surface area (Å²) in [6, 6.07) is 5.09. The number of anilines is 1. The second kappa shape index (κ2) is 4.54. The molecule has 0 bridgehead atoms. The lowest BCUT2D eigenvalue weighted by Crippen LogP contribution is -2.25. The summed E-state index contributed by atoms with van der Waals surface area (Å²) in [6.07, 6.45) is 1.05. The normalized spacial score (nSPS) is 19.5. The number of hydrogen-bond donors (Lipinski definition) is 2. The smallest absolute Gasteiger partial charge is 0.322 e. The van der Waals surface area contributed by atoms with Gasteiger partial charge in [0.2, 0.25) is 10.0 Å². The Morgan fingerprint density at radius 2 is 1.79 bits per heavy atom. The molecule has 1 aliphatic heterocycles. The summed E-state index contributed by atoms with van der Waals surface area (Å²) < 4.78 is 24.4. The number of rotatable bonds is 3. The molecule has 0 aromatic heterocycles. The van der Waals surface area contributed by atoms with Crippen LogP contribution in [0.3, 0.4) is 0 Å². The standard InChI is InChI=1S/C11H13N3O4S/c1-14-10(15)9(12-11(14)16)7-3-5-8(6-4-7)13-19(2,17)18/h3-6,9,13H,1-2H3,(H,12,16). The predicted octanol–water partition coefficient (Wildman–Crippen LogP) is 0.281. The van der Waals surface area contributed by atoms with Crippen LogP contribution >= 0.6 is 0 Å². The minimum atomic E-state index is -3.33. The van der Waals surface area contributed by atoms with E-state index in [0.29, 0.717) is 11.3 Å². The lowest BCUT2D eigenvalue weighted by Gasteiger charge is -2.09. The molecule has 1 atom stereocenters. The van der Waals surface area contributed by atoms with Gasteiger partial charge in [-0.15, -0.1) is 0 Å². The van der Waals surface area contributed by atoms with Crippen molar-refractivity contribution in [2.45, 2.75) is 6.04 Å². The summed E-state index contributed by atoms with van der Waals surface area (Å²) in [5.74, 6) is -0.339. The molecular formula is C11H13N3O4S. The number of sulfonamides is 1. The van der Waals surface area contributed by atoms with E-state index >= 15 is 0 Å². The molecule has 1 fully saturated rings. The summed E-state index contributed by atoms with van der Waals surface area (Å²) >= 11 is 0. The van der Waals surface area contributed by atoms with Gasteiger partial charge in [-0.3, -0.25) is 14.4 Å². The number of carbonyl (C=O) groups excluding carboxylic acids is 2. The van der Waals surface area contributed by atoms with Crippen molar-refractivity contribution in [3.63, 3.8) is 0 Å². The summed E-state index contributed by atoms with van der Waals surface area (Å²) in [5.41, 5.74) is 0.998. The van der Waals surface area contributed by atoms with Crippen LogP contribution in [-0.2, 0) is 14.8 Å². The number of urea groups is 1. The largest absolute Gasteiger partial charge is 0.324 e. The first kappa shape index (κ1) is 13.3. The fraction of sp³-hybridized carbons (Fsp3) is 0.273. The van der Waals surface area contributed by atoms with Gasteiger partial charge in [-0.1, -0.05) is 12.1 Å². The van der Waals surface area contributed by atoms with Crippen LogP contribution in [-0.4, -0.2) is 38.6 Å². The van der Waals surface area contributed by atoms with Gasteiger partial charge >= 0.3 is 6.03 Å². The average molecular weight is 283 g/mol. The van der Waals surface area contributed by atoms with Crippen LogP contribution in [0, 0.1) is 0 Å². The van der Waals surface area contributed by atoms with E-state index in [9.17, 15) is 18.0 Å². The van der Waals surface area contributed by atoms with Gasteiger partial charge in [0.25, 0.3) is 5.91 Å². The number of carbonyl (C=O) groups is 2. The lowest BCUT2D eigenvalue weighted by atomic mass is 10.1. The molecule has 0 aliphatic carbocycles. The van der Waals surface area contributed by atoms with E-state index in [1.165, 1.54) is 19.2 Å². The van der Waals surface area contributed by atoms with Crippen molar-refractivity contribution in [1.82, 2.24) is 10.2 Å². The zero-order chi connectivity index (χ0) is 14.2. The first-order valence-electron chi connectivity index (χ1n) is 5.44. The fourth-order valence-electron chi connectivity index (χ4n) is 1.76. The third-order valence-electron chi connectivity index (χ3n) is 2.70. The Hall–Kier alpha value is -2.09. The highest BCUT2D eigenvalue weighted by Gasteiger charge is 2.36. The number of benzene rings is 1. The predicted molar refractivity (Wildman–Crippen MR) is 69.0 cm³/mol. The van der Waals surface area contributed by atoms with E-state index in [2.05, 4.69) is 10.0 Å². The maximum absolute atomic E-state index is 11.8. The highest BCUT2D eigenvalue weighted by molar-refractivity contribution is 7.92. The SMILES string of the molecule is CN1C(=O)NC(c2ccc(NS(C)(=O)=O)cc2)C1=O. The van der Waals surface area contributed by atoms with Gasteiger partial charge in [-0.05, 0) is 17.7 Å². The fourth-order valence-corrected chi connectivity index (χ4v) is 2.32. The van der Waals surface area contributed by atoms with Crippen molar-refractivity contribution in [1.29, 1.82) is 0 Å². The second-order valence-electron chi connectivity index (χ2n) is 4.28. The average Bonchev–Trinajstić information content (AvgIpc) is 2.56. The van der Waals surface area contributed by atoms with Crippen LogP contribution in [0.2, 0.25) is 0 Å². The zero-order valence-electron chi connectivity index (χ0n) is 10.4. The Morgan fingerprint density at radius 1 is 1.21 bits per heavy atom. The van der Waals surface area contributed by atoms with Crippen molar-refractivity contribution < 1.29 is 18.0 Å². The number of imide groups is 1. The number of amides is 3. The van der Waals surface area contributed by atoms with Gasteiger partial charge in [-0.2, -0.15) is 0 Å². The highest BCUT2D eigenvalue weighted by atomic mass is 32.2. The summed E-state index contributed by atoms with van der Waals surface area (Å²) in [5, 5.41) is 2.54. The van der Waals surface area contributed by atoms with Crippen LogP contribution < -0.4 is 10.0 Å². The number of likely N-dealkylation sites (N-methyl/N-ethyl adjacent to an activating group) is 1. The topological polar surface area (TPSA) is 95.6 Å². The van der Waals surface area contributed by atoms with Crippen LogP contribution in [0.25, 0.3) is 0 Å². The molecule has 1 aromatic carbocycles. The minimum absolute atomic E-state index is 0.339. The molecule has 2 rings (SSSR count). The zero-order valence-corrected chi connectivity index (χ0v) is 11.2.